The summed E-state index contributed by atoms with van der Waals surface area (Å²) in [5, 5.41) is 18.7. The third kappa shape index (κ3) is 1.69. The normalized spacial score (nSPS) is 10.3. The first-order valence-corrected chi connectivity index (χ1v) is 4.59. The van der Waals surface area contributed by atoms with Crippen molar-refractivity contribution in [2.75, 3.05) is 0 Å². The average Bonchev–Trinajstić information content (AvgIpc) is 2.08. The maximum Gasteiger partial charge on any atom is 0.136 e. The number of aliphatic hydroxyl groups is 1. The first kappa shape index (κ1) is 10.1. The van der Waals surface area contributed by atoms with Crippen LogP contribution in [0.25, 0.3) is 0 Å². The van der Waals surface area contributed by atoms with Crippen molar-refractivity contribution in [2.24, 2.45) is 0 Å². The van der Waals surface area contributed by atoms with Crippen LogP contribution in [0.5, 0.6) is 5.75 Å². The predicted molar refractivity (Wildman–Crippen MR) is 51.7 cm³/mol. The molecule has 1 aromatic rings. The minimum absolute atomic E-state index is 0.0769. The number of hydrogen-bond acceptors (Lipinski definition) is 2. The van der Waals surface area contributed by atoms with Crippen molar-refractivity contribution in [1.29, 1.82) is 0 Å². The minimum atomic E-state index is -0.276. The molecular weight excluding hydrogens is 267 g/mol. The van der Waals surface area contributed by atoms with E-state index in [1.807, 2.05) is 0 Å². The van der Waals surface area contributed by atoms with Crippen LogP contribution in [-0.2, 0) is 6.61 Å². The van der Waals surface area contributed by atoms with Gasteiger partial charge in [-0.25, -0.2) is 0 Å². The molecule has 0 atom stereocenters. The third-order valence-electron chi connectivity index (χ3n) is 1.39. The molecule has 0 unspecified atom stereocenters. The van der Waals surface area contributed by atoms with Gasteiger partial charge in [-0.2, -0.15) is 0 Å². The fourth-order valence-electron chi connectivity index (χ4n) is 0.755. The van der Waals surface area contributed by atoms with Crippen molar-refractivity contribution in [3.8, 4) is 5.75 Å². The predicted octanol–water partition coefficient (Wildman–Crippen LogP) is 2.95. The van der Waals surface area contributed by atoms with E-state index in [-0.39, 0.29) is 17.4 Å². The molecule has 12 heavy (non-hydrogen) atoms. The Hall–Kier alpha value is 0.0400. The number of rotatable bonds is 1. The lowest BCUT2D eigenvalue weighted by molar-refractivity contribution is 0.275. The number of aliphatic hydroxyl groups excluding tert-OH is 1. The van der Waals surface area contributed by atoms with E-state index in [0.717, 1.165) is 0 Å². The Balaban J connectivity index is 3.39. The van der Waals surface area contributed by atoms with Gasteiger partial charge in [-0.15, -0.1) is 0 Å². The molecule has 0 radical (unpaired) electrons. The second kappa shape index (κ2) is 3.83. The second-order valence-corrected chi connectivity index (χ2v) is 3.73. The Kier molecular flexibility index (Phi) is 3.23. The van der Waals surface area contributed by atoms with Crippen LogP contribution >= 0.6 is 39.1 Å². The summed E-state index contributed by atoms with van der Waals surface area (Å²) < 4.78 is 0.306. The molecule has 0 bridgehead atoms. The van der Waals surface area contributed by atoms with Gasteiger partial charge in [-0.1, -0.05) is 23.2 Å². The lowest BCUT2D eigenvalue weighted by Crippen LogP contribution is -1.86. The summed E-state index contributed by atoms with van der Waals surface area (Å²) in [5.74, 6) is -0.0769. The van der Waals surface area contributed by atoms with Crippen LogP contribution in [-0.4, -0.2) is 10.2 Å². The molecule has 0 amide bonds. The van der Waals surface area contributed by atoms with Crippen LogP contribution in [0.1, 0.15) is 5.56 Å². The SMILES string of the molecule is OCc1cc(Cl)c(Cl)c(Br)c1O. The zero-order valence-electron chi connectivity index (χ0n) is 5.81. The quantitative estimate of drug-likeness (QED) is 0.771. The number of hydrogen-bond donors (Lipinski definition) is 2. The van der Waals surface area contributed by atoms with E-state index in [0.29, 0.717) is 15.1 Å². The fraction of sp³-hybridized carbons (Fsp3) is 0.143. The van der Waals surface area contributed by atoms with Gasteiger partial charge >= 0.3 is 0 Å². The van der Waals surface area contributed by atoms with Gasteiger partial charge in [0.25, 0.3) is 0 Å². The number of phenols is 1. The standard InChI is InChI=1S/C7H5BrCl2O2/c8-5-6(10)4(9)1-3(2-11)7(5)12/h1,11-12H,2H2. The maximum atomic E-state index is 9.35. The van der Waals surface area contributed by atoms with Crippen molar-refractivity contribution in [3.63, 3.8) is 0 Å². The molecule has 0 aliphatic heterocycles. The Labute approximate surface area is 87.9 Å². The topological polar surface area (TPSA) is 40.5 Å². The Bertz CT molecular complexity index is 315. The second-order valence-electron chi connectivity index (χ2n) is 2.15. The van der Waals surface area contributed by atoms with Crippen LogP contribution in [0, 0.1) is 0 Å². The summed E-state index contributed by atoms with van der Waals surface area (Å²) in [6, 6.07) is 1.42. The summed E-state index contributed by atoms with van der Waals surface area (Å²) >= 11 is 14.4. The van der Waals surface area contributed by atoms with Crippen LogP contribution < -0.4 is 0 Å². The van der Waals surface area contributed by atoms with E-state index in [1.165, 1.54) is 6.07 Å². The van der Waals surface area contributed by atoms with Crippen LogP contribution in [0.4, 0.5) is 0 Å². The molecule has 0 aromatic heterocycles. The largest absolute Gasteiger partial charge is 0.506 e. The third-order valence-corrected chi connectivity index (χ3v) is 3.17. The molecular formula is C7H5BrCl2O2. The fourth-order valence-corrected chi connectivity index (χ4v) is 1.71. The molecule has 0 spiro atoms. The van der Waals surface area contributed by atoms with Gasteiger partial charge < -0.3 is 10.2 Å². The Morgan fingerprint density at radius 1 is 1.42 bits per heavy atom. The van der Waals surface area contributed by atoms with Gasteiger partial charge in [0.2, 0.25) is 0 Å². The summed E-state index contributed by atoms with van der Waals surface area (Å²) in [4.78, 5) is 0. The van der Waals surface area contributed by atoms with Crippen molar-refractivity contribution in [1.82, 2.24) is 0 Å². The molecule has 66 valence electrons. The first-order chi connectivity index (χ1) is 5.57. The van der Waals surface area contributed by atoms with Crippen molar-refractivity contribution in [3.05, 3.63) is 26.1 Å². The molecule has 0 aliphatic rings. The molecule has 0 saturated heterocycles. The van der Waals surface area contributed by atoms with Crippen LogP contribution in [0.3, 0.4) is 0 Å². The minimum Gasteiger partial charge on any atom is -0.506 e. The molecule has 0 heterocycles. The van der Waals surface area contributed by atoms with Crippen molar-refractivity contribution in [2.45, 2.75) is 6.61 Å². The highest BCUT2D eigenvalue weighted by Crippen LogP contribution is 2.39. The molecule has 1 rings (SSSR count). The number of aromatic hydroxyl groups is 1. The van der Waals surface area contributed by atoms with E-state index in [2.05, 4.69) is 15.9 Å². The van der Waals surface area contributed by atoms with E-state index in [1.54, 1.807) is 0 Å². The molecule has 2 nitrogen and oxygen atoms in total. The molecule has 5 heteroatoms. The smallest absolute Gasteiger partial charge is 0.136 e. The Morgan fingerprint density at radius 2 is 2.00 bits per heavy atom. The van der Waals surface area contributed by atoms with Gasteiger partial charge in [0, 0.05) is 5.56 Å². The summed E-state index contributed by atoms with van der Waals surface area (Å²) in [7, 11) is 0. The lowest BCUT2D eigenvalue weighted by Gasteiger charge is -2.06. The first-order valence-electron chi connectivity index (χ1n) is 3.04. The molecule has 0 aliphatic carbocycles. The molecule has 2 N–H and O–H groups in total. The van der Waals surface area contributed by atoms with Gasteiger partial charge in [-0.05, 0) is 22.0 Å². The van der Waals surface area contributed by atoms with E-state index < -0.39 is 0 Å². The lowest BCUT2D eigenvalue weighted by atomic mass is 10.2. The maximum absolute atomic E-state index is 9.35. The van der Waals surface area contributed by atoms with Gasteiger partial charge in [0.05, 0.1) is 21.1 Å². The monoisotopic (exact) mass is 270 g/mol. The zero-order valence-corrected chi connectivity index (χ0v) is 8.91. The number of benzene rings is 1. The van der Waals surface area contributed by atoms with E-state index in [9.17, 15) is 5.11 Å². The average molecular weight is 272 g/mol. The summed E-state index contributed by atoms with van der Waals surface area (Å²) in [6.07, 6.45) is 0. The highest BCUT2D eigenvalue weighted by atomic mass is 79.9. The Morgan fingerprint density at radius 3 is 2.50 bits per heavy atom. The van der Waals surface area contributed by atoms with Crippen molar-refractivity contribution >= 4 is 39.1 Å². The van der Waals surface area contributed by atoms with E-state index in [4.69, 9.17) is 28.3 Å². The van der Waals surface area contributed by atoms with Crippen LogP contribution in [0.2, 0.25) is 10.0 Å². The molecule has 1 aromatic carbocycles. The van der Waals surface area contributed by atoms with Gasteiger partial charge in [0.1, 0.15) is 5.75 Å². The van der Waals surface area contributed by atoms with E-state index >= 15 is 0 Å². The summed E-state index contributed by atoms with van der Waals surface area (Å²) in [6.45, 7) is -0.276. The van der Waals surface area contributed by atoms with Gasteiger partial charge in [0.15, 0.2) is 0 Å². The zero-order chi connectivity index (χ0) is 9.30. The van der Waals surface area contributed by atoms with Crippen molar-refractivity contribution < 1.29 is 10.2 Å². The number of halogens is 3. The highest BCUT2D eigenvalue weighted by molar-refractivity contribution is 9.10. The highest BCUT2D eigenvalue weighted by Gasteiger charge is 2.12. The molecule has 0 fully saturated rings. The molecule has 0 saturated carbocycles. The van der Waals surface area contributed by atoms with Crippen LogP contribution in [0.15, 0.2) is 10.5 Å². The summed E-state index contributed by atoms with van der Waals surface area (Å²) in [5.41, 5.74) is 0.344. The van der Waals surface area contributed by atoms with Gasteiger partial charge in [-0.3, -0.25) is 0 Å².